The zero-order valence-electron chi connectivity index (χ0n) is 12.0. The van der Waals surface area contributed by atoms with E-state index in [0.717, 1.165) is 0 Å². The molecule has 0 bridgehead atoms. The van der Waals surface area contributed by atoms with Crippen molar-refractivity contribution in [1.29, 1.82) is 5.26 Å². The molecule has 0 radical (unpaired) electrons. The maximum atomic E-state index is 11.7. The highest BCUT2D eigenvalue weighted by Gasteiger charge is 2.16. The van der Waals surface area contributed by atoms with Gasteiger partial charge < -0.3 is 14.2 Å². The van der Waals surface area contributed by atoms with Gasteiger partial charge in [-0.05, 0) is 37.1 Å². The Balaban J connectivity index is 3.28. The lowest BCUT2D eigenvalue weighted by Gasteiger charge is -2.11. The summed E-state index contributed by atoms with van der Waals surface area (Å²) >= 11 is 0. The summed E-state index contributed by atoms with van der Waals surface area (Å²) in [5, 5.41) is 9.12. The van der Waals surface area contributed by atoms with E-state index in [4.69, 9.17) is 19.5 Å². The normalized spacial score (nSPS) is 11.2. The minimum Gasteiger partial charge on any atom is -0.493 e. The summed E-state index contributed by atoms with van der Waals surface area (Å²) in [5.41, 5.74) is 1.22. The molecule has 0 N–H and O–H groups in total. The molecule has 0 heterocycles. The van der Waals surface area contributed by atoms with Gasteiger partial charge in [-0.25, -0.2) is 4.79 Å². The molecule has 0 spiro atoms. The Morgan fingerprint density at radius 3 is 2.40 bits per heavy atom. The van der Waals surface area contributed by atoms with Gasteiger partial charge >= 0.3 is 5.97 Å². The molecule has 0 saturated carbocycles. The molecule has 1 aromatic carbocycles. The fourth-order valence-electron chi connectivity index (χ4n) is 1.70. The highest BCUT2D eigenvalue weighted by atomic mass is 16.5. The van der Waals surface area contributed by atoms with Crippen molar-refractivity contribution in [3.8, 4) is 17.6 Å². The predicted octanol–water partition coefficient (Wildman–Crippen LogP) is 2.56. The molecule has 0 aliphatic carbocycles. The largest absolute Gasteiger partial charge is 0.493 e. The SMILES string of the molecule is CCOC(=O)/C(C#N)=C(/C)c1ccc(OC)c(OC)c1. The fraction of sp³-hybridized carbons (Fsp3) is 0.333. The van der Waals surface area contributed by atoms with E-state index in [1.807, 2.05) is 6.07 Å². The Bertz CT molecular complexity index is 570. The van der Waals surface area contributed by atoms with Crippen LogP contribution in [0.25, 0.3) is 5.57 Å². The summed E-state index contributed by atoms with van der Waals surface area (Å²) in [4.78, 5) is 11.7. The fourth-order valence-corrected chi connectivity index (χ4v) is 1.70. The molecule has 5 heteroatoms. The van der Waals surface area contributed by atoms with E-state index in [1.165, 1.54) is 7.11 Å². The molecule has 0 unspecified atom stereocenters. The number of carbonyl (C=O) groups is 1. The van der Waals surface area contributed by atoms with Crippen molar-refractivity contribution in [2.45, 2.75) is 13.8 Å². The summed E-state index contributed by atoms with van der Waals surface area (Å²) in [5.74, 6) is 0.492. The first-order valence-corrected chi connectivity index (χ1v) is 6.09. The van der Waals surface area contributed by atoms with Crippen molar-refractivity contribution in [3.63, 3.8) is 0 Å². The Morgan fingerprint density at radius 2 is 1.90 bits per heavy atom. The lowest BCUT2D eigenvalue weighted by Crippen LogP contribution is -2.08. The summed E-state index contributed by atoms with van der Waals surface area (Å²) in [7, 11) is 3.07. The van der Waals surface area contributed by atoms with Crippen LogP contribution in [0.15, 0.2) is 23.8 Å². The topological polar surface area (TPSA) is 68.6 Å². The molecule has 0 atom stereocenters. The molecule has 1 rings (SSSR count). The number of nitriles is 1. The smallest absolute Gasteiger partial charge is 0.349 e. The van der Waals surface area contributed by atoms with Crippen LogP contribution in [0.2, 0.25) is 0 Å². The average Bonchev–Trinajstić information content (AvgIpc) is 2.47. The van der Waals surface area contributed by atoms with Gasteiger partial charge in [-0.15, -0.1) is 0 Å². The van der Waals surface area contributed by atoms with E-state index < -0.39 is 5.97 Å². The van der Waals surface area contributed by atoms with Gasteiger partial charge in [0.05, 0.1) is 20.8 Å². The molecule has 20 heavy (non-hydrogen) atoms. The second-order valence-corrected chi connectivity index (χ2v) is 3.90. The van der Waals surface area contributed by atoms with E-state index in [1.54, 1.807) is 39.2 Å². The highest BCUT2D eigenvalue weighted by Crippen LogP contribution is 2.31. The quantitative estimate of drug-likeness (QED) is 0.469. The van der Waals surface area contributed by atoms with E-state index in [2.05, 4.69) is 0 Å². The van der Waals surface area contributed by atoms with Gasteiger partial charge in [0.15, 0.2) is 11.5 Å². The molecule has 0 aliphatic heterocycles. The maximum Gasteiger partial charge on any atom is 0.349 e. The molecule has 0 fully saturated rings. The number of rotatable bonds is 5. The van der Waals surface area contributed by atoms with Crippen molar-refractivity contribution in [3.05, 3.63) is 29.3 Å². The summed E-state index contributed by atoms with van der Waals surface area (Å²) in [6.45, 7) is 3.61. The van der Waals surface area contributed by atoms with Crippen LogP contribution in [0.3, 0.4) is 0 Å². The highest BCUT2D eigenvalue weighted by molar-refractivity contribution is 6.01. The van der Waals surface area contributed by atoms with E-state index in [-0.39, 0.29) is 12.2 Å². The molecular formula is C15H17NO4. The second kappa shape index (κ2) is 7.19. The van der Waals surface area contributed by atoms with Gasteiger partial charge in [0, 0.05) is 0 Å². The third-order valence-corrected chi connectivity index (χ3v) is 2.78. The first-order chi connectivity index (χ1) is 9.58. The average molecular weight is 275 g/mol. The monoisotopic (exact) mass is 275 g/mol. The molecule has 0 aromatic heterocycles. The van der Waals surface area contributed by atoms with Crippen LogP contribution in [0.1, 0.15) is 19.4 Å². The van der Waals surface area contributed by atoms with Gasteiger partial charge in [0.25, 0.3) is 0 Å². The Labute approximate surface area is 118 Å². The van der Waals surface area contributed by atoms with Crippen LogP contribution in [0.5, 0.6) is 11.5 Å². The van der Waals surface area contributed by atoms with Crippen molar-refractivity contribution in [2.75, 3.05) is 20.8 Å². The number of esters is 1. The van der Waals surface area contributed by atoms with Crippen LogP contribution in [0.4, 0.5) is 0 Å². The molecular weight excluding hydrogens is 258 g/mol. The zero-order chi connectivity index (χ0) is 15.1. The molecule has 1 aromatic rings. The maximum absolute atomic E-state index is 11.7. The lowest BCUT2D eigenvalue weighted by atomic mass is 10.0. The third-order valence-electron chi connectivity index (χ3n) is 2.78. The lowest BCUT2D eigenvalue weighted by molar-refractivity contribution is -0.137. The Kier molecular flexibility index (Phi) is 5.60. The Morgan fingerprint density at radius 1 is 1.25 bits per heavy atom. The van der Waals surface area contributed by atoms with Crippen LogP contribution in [-0.4, -0.2) is 26.8 Å². The minimum atomic E-state index is -0.623. The number of nitrogens with zero attached hydrogens (tertiary/aromatic N) is 1. The Hall–Kier alpha value is -2.48. The van der Waals surface area contributed by atoms with E-state index in [9.17, 15) is 4.79 Å². The van der Waals surface area contributed by atoms with Crippen LogP contribution in [-0.2, 0) is 9.53 Å². The van der Waals surface area contributed by atoms with Crippen molar-refractivity contribution in [1.82, 2.24) is 0 Å². The van der Waals surface area contributed by atoms with Gasteiger partial charge in [0.2, 0.25) is 0 Å². The first-order valence-electron chi connectivity index (χ1n) is 6.09. The van der Waals surface area contributed by atoms with E-state index in [0.29, 0.717) is 22.6 Å². The van der Waals surface area contributed by atoms with Crippen molar-refractivity contribution in [2.24, 2.45) is 0 Å². The number of hydrogen-bond donors (Lipinski definition) is 0. The second-order valence-electron chi connectivity index (χ2n) is 3.90. The minimum absolute atomic E-state index is 0.0148. The summed E-state index contributed by atoms with van der Waals surface area (Å²) in [6.07, 6.45) is 0. The van der Waals surface area contributed by atoms with Crippen LogP contribution >= 0.6 is 0 Å². The molecule has 0 saturated heterocycles. The predicted molar refractivity (Wildman–Crippen MR) is 74.4 cm³/mol. The van der Waals surface area contributed by atoms with Crippen LogP contribution < -0.4 is 9.47 Å². The van der Waals surface area contributed by atoms with Gasteiger partial charge in [-0.2, -0.15) is 5.26 Å². The number of benzene rings is 1. The van der Waals surface area contributed by atoms with Gasteiger partial charge in [-0.1, -0.05) is 6.07 Å². The molecule has 5 nitrogen and oxygen atoms in total. The van der Waals surface area contributed by atoms with Gasteiger partial charge in [0.1, 0.15) is 11.6 Å². The number of carbonyl (C=O) groups excluding carboxylic acids is 1. The summed E-state index contributed by atoms with van der Waals surface area (Å²) < 4.78 is 15.2. The first kappa shape index (κ1) is 15.6. The number of allylic oxidation sites excluding steroid dienone is 1. The van der Waals surface area contributed by atoms with Crippen molar-refractivity contribution >= 4 is 11.5 Å². The molecule has 0 amide bonds. The number of ether oxygens (including phenoxy) is 3. The third kappa shape index (κ3) is 3.29. The van der Waals surface area contributed by atoms with Gasteiger partial charge in [-0.3, -0.25) is 0 Å². The van der Waals surface area contributed by atoms with E-state index >= 15 is 0 Å². The number of methoxy groups -OCH3 is 2. The van der Waals surface area contributed by atoms with Crippen LogP contribution in [0, 0.1) is 11.3 Å². The zero-order valence-corrected chi connectivity index (χ0v) is 12.0. The summed E-state index contributed by atoms with van der Waals surface area (Å²) in [6, 6.07) is 7.07. The number of hydrogen-bond acceptors (Lipinski definition) is 5. The van der Waals surface area contributed by atoms with Crippen molar-refractivity contribution < 1.29 is 19.0 Å². The standard InChI is InChI=1S/C15H17NO4/c1-5-20-15(17)12(9-16)10(2)11-6-7-13(18-3)14(8-11)19-4/h6-8H,5H2,1-4H3/b12-10-. The molecule has 0 aliphatic rings. The molecule has 106 valence electrons.